The minimum Gasteiger partial charge on any atom is -0.355 e. The summed E-state index contributed by atoms with van der Waals surface area (Å²) in [5.74, 6) is 2.06. The quantitative estimate of drug-likeness (QED) is 0.683. The van der Waals surface area contributed by atoms with Gasteiger partial charge in [-0.3, -0.25) is 9.78 Å². The summed E-state index contributed by atoms with van der Waals surface area (Å²) in [4.78, 5) is 28.4. The molecule has 0 bridgehead atoms. The molecule has 0 amide bonds. The Labute approximate surface area is 139 Å². The molecule has 24 heavy (non-hydrogen) atoms. The van der Waals surface area contributed by atoms with Crippen LogP contribution in [0.4, 0.5) is 11.9 Å². The molecule has 7 heteroatoms. The normalized spacial score (nSPS) is 15.8. The molecule has 3 heterocycles. The Morgan fingerprint density at radius 2 is 2.00 bits per heavy atom. The van der Waals surface area contributed by atoms with Gasteiger partial charge < -0.3 is 15.2 Å². The number of rotatable bonds is 4. The lowest BCUT2D eigenvalue weighted by Crippen LogP contribution is -2.36. The van der Waals surface area contributed by atoms with Gasteiger partial charge in [0.1, 0.15) is 0 Å². The molecular formula is C17H20N6O. The van der Waals surface area contributed by atoms with Crippen LogP contribution in [-0.2, 0) is 0 Å². The molecule has 0 radical (unpaired) electrons. The number of hydrogen-bond acceptors (Lipinski definition) is 5. The van der Waals surface area contributed by atoms with Gasteiger partial charge >= 0.3 is 0 Å². The molecular weight excluding hydrogens is 304 g/mol. The van der Waals surface area contributed by atoms with Gasteiger partial charge in [-0.05, 0) is 30.9 Å². The third-order valence-electron chi connectivity index (χ3n) is 4.52. The second-order valence-corrected chi connectivity index (χ2v) is 6.17. The van der Waals surface area contributed by atoms with E-state index in [9.17, 15) is 4.79 Å². The molecule has 3 aromatic rings. The van der Waals surface area contributed by atoms with Crippen molar-refractivity contribution >= 4 is 22.9 Å². The number of aromatic amines is 2. The highest BCUT2D eigenvalue weighted by Crippen LogP contribution is 2.23. The second kappa shape index (κ2) is 6.35. The van der Waals surface area contributed by atoms with Gasteiger partial charge in [0, 0.05) is 31.9 Å². The molecule has 7 nitrogen and oxygen atoms in total. The number of H-pyrrole nitrogens is 2. The summed E-state index contributed by atoms with van der Waals surface area (Å²) in [6, 6.07) is 9.52. The highest BCUT2D eigenvalue weighted by Gasteiger charge is 2.21. The van der Waals surface area contributed by atoms with Crippen molar-refractivity contribution in [1.29, 1.82) is 0 Å². The van der Waals surface area contributed by atoms with E-state index < -0.39 is 0 Å². The molecule has 0 spiro atoms. The highest BCUT2D eigenvalue weighted by atomic mass is 16.1. The van der Waals surface area contributed by atoms with Crippen LogP contribution in [0.25, 0.3) is 11.0 Å². The number of nitrogens with zero attached hydrogens (tertiary/aromatic N) is 3. The van der Waals surface area contributed by atoms with Gasteiger partial charge in [0.25, 0.3) is 5.56 Å². The van der Waals surface area contributed by atoms with E-state index in [1.165, 1.54) is 12.3 Å². The van der Waals surface area contributed by atoms with Crippen LogP contribution in [0, 0.1) is 5.92 Å². The van der Waals surface area contributed by atoms with Crippen molar-refractivity contribution in [3.05, 3.63) is 46.9 Å². The fourth-order valence-corrected chi connectivity index (χ4v) is 3.14. The minimum atomic E-state index is -0.132. The van der Waals surface area contributed by atoms with E-state index in [0.717, 1.165) is 49.5 Å². The van der Waals surface area contributed by atoms with Gasteiger partial charge in [-0.1, -0.05) is 12.1 Å². The summed E-state index contributed by atoms with van der Waals surface area (Å²) >= 11 is 0. The van der Waals surface area contributed by atoms with Crippen molar-refractivity contribution in [1.82, 2.24) is 19.9 Å². The third kappa shape index (κ3) is 3.10. The van der Waals surface area contributed by atoms with E-state index in [2.05, 4.69) is 36.2 Å². The molecule has 1 aliphatic heterocycles. The topological polar surface area (TPSA) is 89.7 Å². The summed E-state index contributed by atoms with van der Waals surface area (Å²) in [6.07, 6.45) is 3.69. The second-order valence-electron chi connectivity index (χ2n) is 6.17. The smallest absolute Gasteiger partial charge is 0.252 e. The first-order chi connectivity index (χ1) is 11.8. The maximum Gasteiger partial charge on any atom is 0.252 e. The Hall–Kier alpha value is -2.83. The van der Waals surface area contributed by atoms with Crippen molar-refractivity contribution in [2.75, 3.05) is 29.9 Å². The van der Waals surface area contributed by atoms with Crippen LogP contribution in [0.2, 0.25) is 0 Å². The summed E-state index contributed by atoms with van der Waals surface area (Å²) in [5, 5.41) is 3.22. The molecule has 124 valence electrons. The van der Waals surface area contributed by atoms with Crippen LogP contribution < -0.4 is 15.8 Å². The van der Waals surface area contributed by atoms with Crippen molar-refractivity contribution in [3.63, 3.8) is 0 Å². The molecule has 2 aromatic heterocycles. The van der Waals surface area contributed by atoms with Crippen LogP contribution >= 0.6 is 0 Å². The third-order valence-corrected chi connectivity index (χ3v) is 4.52. The van der Waals surface area contributed by atoms with Crippen molar-refractivity contribution in [3.8, 4) is 0 Å². The monoisotopic (exact) mass is 324 g/mol. The Balaban J connectivity index is 1.34. The SMILES string of the molecule is O=c1ccnc(NCC2CCN(c3nc4ccccc4[nH]3)CC2)[nH]1. The zero-order valence-corrected chi connectivity index (χ0v) is 13.3. The van der Waals surface area contributed by atoms with E-state index in [1.54, 1.807) is 0 Å². The molecule has 0 saturated carbocycles. The van der Waals surface area contributed by atoms with Gasteiger partial charge in [-0.15, -0.1) is 0 Å². The number of nitrogens with one attached hydrogen (secondary N) is 3. The zero-order valence-electron chi connectivity index (χ0n) is 13.3. The lowest BCUT2D eigenvalue weighted by atomic mass is 9.97. The summed E-state index contributed by atoms with van der Waals surface area (Å²) in [7, 11) is 0. The predicted molar refractivity (Wildman–Crippen MR) is 94.4 cm³/mol. The van der Waals surface area contributed by atoms with E-state index >= 15 is 0 Å². The molecule has 1 fully saturated rings. The van der Waals surface area contributed by atoms with Crippen molar-refractivity contribution < 1.29 is 0 Å². The summed E-state index contributed by atoms with van der Waals surface area (Å²) in [5.41, 5.74) is 1.96. The standard InChI is InChI=1S/C17H20N6O/c24-15-5-8-18-16(22-15)19-11-12-6-9-23(10-7-12)17-20-13-3-1-2-4-14(13)21-17/h1-5,8,12H,6-7,9-11H2,(H,20,21)(H2,18,19,22,24). The molecule has 1 aliphatic rings. The number of hydrogen-bond donors (Lipinski definition) is 3. The molecule has 1 aromatic carbocycles. The summed E-state index contributed by atoms with van der Waals surface area (Å²) < 4.78 is 0. The Morgan fingerprint density at radius 1 is 1.17 bits per heavy atom. The molecule has 0 aliphatic carbocycles. The first kappa shape index (κ1) is 14.7. The molecule has 0 unspecified atom stereocenters. The fourth-order valence-electron chi connectivity index (χ4n) is 3.14. The van der Waals surface area contributed by atoms with E-state index in [-0.39, 0.29) is 5.56 Å². The Kier molecular flexibility index (Phi) is 3.90. The number of piperidine rings is 1. The number of imidazole rings is 1. The van der Waals surface area contributed by atoms with E-state index in [0.29, 0.717) is 11.9 Å². The van der Waals surface area contributed by atoms with E-state index in [4.69, 9.17) is 0 Å². The van der Waals surface area contributed by atoms with Crippen LogP contribution in [0.5, 0.6) is 0 Å². The number of para-hydroxylation sites is 2. The average molecular weight is 324 g/mol. The zero-order chi connectivity index (χ0) is 16.4. The lowest BCUT2D eigenvalue weighted by Gasteiger charge is -2.31. The van der Waals surface area contributed by atoms with Gasteiger partial charge in [-0.25, -0.2) is 9.97 Å². The van der Waals surface area contributed by atoms with Gasteiger partial charge in [0.15, 0.2) is 0 Å². The lowest BCUT2D eigenvalue weighted by molar-refractivity contribution is 0.420. The van der Waals surface area contributed by atoms with Crippen LogP contribution in [0.3, 0.4) is 0 Å². The predicted octanol–water partition coefficient (Wildman–Crippen LogP) is 1.97. The van der Waals surface area contributed by atoms with Crippen LogP contribution in [-0.4, -0.2) is 39.6 Å². The van der Waals surface area contributed by atoms with Crippen molar-refractivity contribution in [2.45, 2.75) is 12.8 Å². The van der Waals surface area contributed by atoms with Gasteiger partial charge in [0.2, 0.25) is 11.9 Å². The Bertz CT molecular complexity index is 845. The number of fused-ring (bicyclic) bond motifs is 1. The maximum atomic E-state index is 11.3. The fraction of sp³-hybridized carbons (Fsp3) is 0.353. The molecule has 1 saturated heterocycles. The first-order valence-corrected chi connectivity index (χ1v) is 8.27. The van der Waals surface area contributed by atoms with Gasteiger partial charge in [0.05, 0.1) is 11.0 Å². The minimum absolute atomic E-state index is 0.132. The van der Waals surface area contributed by atoms with Crippen LogP contribution in [0.1, 0.15) is 12.8 Å². The number of benzene rings is 1. The molecule has 4 rings (SSSR count). The van der Waals surface area contributed by atoms with Crippen molar-refractivity contribution in [2.24, 2.45) is 5.92 Å². The molecule has 0 atom stereocenters. The number of aromatic nitrogens is 4. The summed E-state index contributed by atoms with van der Waals surface area (Å²) in [6.45, 7) is 2.77. The van der Waals surface area contributed by atoms with E-state index in [1.807, 2.05) is 18.2 Å². The van der Waals surface area contributed by atoms with Gasteiger partial charge in [-0.2, -0.15) is 0 Å². The molecule has 3 N–H and O–H groups in total. The maximum absolute atomic E-state index is 11.3. The largest absolute Gasteiger partial charge is 0.355 e. The highest BCUT2D eigenvalue weighted by molar-refractivity contribution is 5.77. The number of anilines is 2. The Morgan fingerprint density at radius 3 is 2.79 bits per heavy atom. The first-order valence-electron chi connectivity index (χ1n) is 8.27. The van der Waals surface area contributed by atoms with Crippen LogP contribution in [0.15, 0.2) is 41.3 Å². The average Bonchev–Trinajstić information content (AvgIpc) is 3.05.